The molecule has 4 nitrogen and oxygen atoms in total. The topological polar surface area (TPSA) is 36.9 Å². The summed E-state index contributed by atoms with van der Waals surface area (Å²) in [5.41, 5.74) is 2.02. The summed E-state index contributed by atoms with van der Waals surface area (Å²) in [7, 11) is 3.30. The number of rotatable bonds is 4. The average Bonchev–Trinajstić information content (AvgIpc) is 2.66. The highest BCUT2D eigenvalue weighted by molar-refractivity contribution is 7.99. The molecule has 142 valence electrons. The highest BCUT2D eigenvalue weighted by Gasteiger charge is 2.26. The van der Waals surface area contributed by atoms with E-state index < -0.39 is 0 Å². The Hall–Kier alpha value is -2.27. The summed E-state index contributed by atoms with van der Waals surface area (Å²) in [5, 5.41) is 0.302. The van der Waals surface area contributed by atoms with Crippen LogP contribution in [0.15, 0.2) is 41.3 Å². The Kier molecular flexibility index (Phi) is 4.72. The fourth-order valence-electron chi connectivity index (χ4n) is 3.40. The standard InChI is InChI=1S/C22H24O4S/c1-22(2)9-7-14-11-15(5-6-17(14)26-22)27-21-8-10-25-18-13-20(24-4)19(23-3)12-16(18)21/h5-7,9,11-13,21H,8,10H2,1-4H3. The minimum atomic E-state index is -0.253. The molecule has 1 atom stereocenters. The van der Waals surface area contributed by atoms with E-state index >= 15 is 0 Å². The first-order chi connectivity index (χ1) is 13.0. The molecule has 0 radical (unpaired) electrons. The van der Waals surface area contributed by atoms with Crippen LogP contribution in [0.25, 0.3) is 6.08 Å². The third-order valence-electron chi connectivity index (χ3n) is 4.80. The lowest BCUT2D eigenvalue weighted by atomic mass is 10.0. The highest BCUT2D eigenvalue weighted by atomic mass is 32.2. The van der Waals surface area contributed by atoms with E-state index in [1.54, 1.807) is 14.2 Å². The number of methoxy groups -OCH3 is 2. The number of hydrogen-bond donors (Lipinski definition) is 0. The van der Waals surface area contributed by atoms with Gasteiger partial charge in [0.25, 0.3) is 0 Å². The molecule has 1 unspecified atom stereocenters. The van der Waals surface area contributed by atoms with Crippen molar-refractivity contribution in [3.05, 3.63) is 47.5 Å². The number of thioether (sulfide) groups is 1. The molecule has 5 heteroatoms. The number of hydrogen-bond acceptors (Lipinski definition) is 5. The van der Waals surface area contributed by atoms with E-state index in [0.717, 1.165) is 34.8 Å². The molecule has 4 rings (SSSR count). The lowest BCUT2D eigenvalue weighted by Crippen LogP contribution is -2.27. The maximum Gasteiger partial charge on any atom is 0.164 e. The third kappa shape index (κ3) is 3.61. The zero-order valence-electron chi connectivity index (χ0n) is 16.1. The van der Waals surface area contributed by atoms with Gasteiger partial charge in [0.1, 0.15) is 17.1 Å². The largest absolute Gasteiger partial charge is 0.493 e. The Morgan fingerprint density at radius 3 is 2.59 bits per heavy atom. The zero-order chi connectivity index (χ0) is 19.0. The van der Waals surface area contributed by atoms with E-state index in [-0.39, 0.29) is 5.60 Å². The van der Waals surface area contributed by atoms with Crippen molar-refractivity contribution < 1.29 is 18.9 Å². The van der Waals surface area contributed by atoms with Crippen LogP contribution in [-0.2, 0) is 0 Å². The van der Waals surface area contributed by atoms with Gasteiger partial charge >= 0.3 is 0 Å². The normalized spacial score (nSPS) is 19.3. The summed E-state index contributed by atoms with van der Waals surface area (Å²) in [4.78, 5) is 1.22. The molecule has 2 aliphatic rings. The molecular formula is C22H24O4S. The van der Waals surface area contributed by atoms with Gasteiger partial charge in [0.2, 0.25) is 0 Å². The van der Waals surface area contributed by atoms with Gasteiger partial charge < -0.3 is 18.9 Å². The SMILES string of the molecule is COc1cc2c(cc1OC)C(Sc1ccc3c(c1)C=CC(C)(C)O3)CCO2. The van der Waals surface area contributed by atoms with Crippen molar-refractivity contribution in [1.29, 1.82) is 0 Å². The summed E-state index contributed by atoms with van der Waals surface area (Å²) < 4.78 is 22.8. The molecule has 0 fully saturated rings. The Labute approximate surface area is 164 Å². The van der Waals surface area contributed by atoms with Gasteiger partial charge in [-0.05, 0) is 50.6 Å². The Morgan fingerprint density at radius 2 is 1.81 bits per heavy atom. The molecule has 0 aliphatic carbocycles. The van der Waals surface area contributed by atoms with Gasteiger partial charge in [-0.1, -0.05) is 6.08 Å². The van der Waals surface area contributed by atoms with Gasteiger partial charge in [0, 0.05) is 27.3 Å². The molecular weight excluding hydrogens is 360 g/mol. The molecule has 2 aromatic rings. The first-order valence-corrected chi connectivity index (χ1v) is 9.95. The van der Waals surface area contributed by atoms with Gasteiger partial charge in [-0.15, -0.1) is 11.8 Å². The van der Waals surface area contributed by atoms with Crippen LogP contribution in [-0.4, -0.2) is 26.4 Å². The Morgan fingerprint density at radius 1 is 1.04 bits per heavy atom. The van der Waals surface area contributed by atoms with Crippen molar-refractivity contribution in [1.82, 2.24) is 0 Å². The van der Waals surface area contributed by atoms with E-state index in [0.29, 0.717) is 17.6 Å². The molecule has 2 heterocycles. The monoisotopic (exact) mass is 384 g/mol. The molecule has 27 heavy (non-hydrogen) atoms. The van der Waals surface area contributed by atoms with Crippen LogP contribution in [0.2, 0.25) is 0 Å². The maximum absolute atomic E-state index is 6.03. The lowest BCUT2D eigenvalue weighted by Gasteiger charge is -2.29. The molecule has 0 saturated heterocycles. The second kappa shape index (κ2) is 7.04. The highest BCUT2D eigenvalue weighted by Crippen LogP contribution is 2.48. The van der Waals surface area contributed by atoms with Crippen LogP contribution in [0.1, 0.15) is 36.6 Å². The fraction of sp³-hybridized carbons (Fsp3) is 0.364. The summed E-state index contributed by atoms with van der Waals surface area (Å²) in [6, 6.07) is 10.4. The van der Waals surface area contributed by atoms with E-state index in [1.807, 2.05) is 23.9 Å². The van der Waals surface area contributed by atoms with Crippen LogP contribution < -0.4 is 18.9 Å². The van der Waals surface area contributed by atoms with Crippen LogP contribution >= 0.6 is 11.8 Å². The van der Waals surface area contributed by atoms with E-state index in [9.17, 15) is 0 Å². The van der Waals surface area contributed by atoms with Crippen molar-refractivity contribution >= 4 is 17.8 Å². The van der Waals surface area contributed by atoms with Crippen molar-refractivity contribution in [3.8, 4) is 23.0 Å². The smallest absolute Gasteiger partial charge is 0.164 e. The lowest BCUT2D eigenvalue weighted by molar-refractivity contribution is 0.159. The second-order valence-electron chi connectivity index (χ2n) is 7.23. The third-order valence-corrected chi connectivity index (χ3v) is 6.10. The predicted molar refractivity (Wildman–Crippen MR) is 108 cm³/mol. The Bertz CT molecular complexity index is 888. The predicted octanol–water partition coefficient (Wildman–Crippen LogP) is 5.50. The molecule has 0 spiro atoms. The molecule has 0 aromatic heterocycles. The van der Waals surface area contributed by atoms with Crippen LogP contribution in [0, 0.1) is 0 Å². The molecule has 0 amide bonds. The van der Waals surface area contributed by atoms with Crippen molar-refractivity contribution in [2.45, 2.75) is 36.0 Å². The minimum Gasteiger partial charge on any atom is -0.493 e. The quantitative estimate of drug-likeness (QED) is 0.695. The van der Waals surface area contributed by atoms with Gasteiger partial charge in [0.05, 0.1) is 20.8 Å². The van der Waals surface area contributed by atoms with Crippen molar-refractivity contribution in [2.75, 3.05) is 20.8 Å². The fourth-order valence-corrected chi connectivity index (χ4v) is 4.60. The molecule has 0 bridgehead atoms. The van der Waals surface area contributed by atoms with Gasteiger partial charge in [-0.3, -0.25) is 0 Å². The molecule has 2 aliphatic heterocycles. The summed E-state index contributed by atoms with van der Waals surface area (Å²) in [6.07, 6.45) is 5.20. The number of ether oxygens (including phenoxy) is 4. The maximum atomic E-state index is 6.03. The van der Waals surface area contributed by atoms with Crippen LogP contribution in [0.3, 0.4) is 0 Å². The first kappa shape index (κ1) is 18.1. The van der Waals surface area contributed by atoms with E-state index in [4.69, 9.17) is 18.9 Å². The summed E-state index contributed by atoms with van der Waals surface area (Å²) in [5.74, 6) is 3.24. The van der Waals surface area contributed by atoms with Gasteiger partial charge in [-0.2, -0.15) is 0 Å². The molecule has 2 aromatic carbocycles. The van der Waals surface area contributed by atoms with Crippen molar-refractivity contribution in [3.63, 3.8) is 0 Å². The number of fused-ring (bicyclic) bond motifs is 2. The molecule has 0 saturated carbocycles. The van der Waals surface area contributed by atoms with Crippen LogP contribution in [0.5, 0.6) is 23.0 Å². The second-order valence-corrected chi connectivity index (χ2v) is 8.50. The van der Waals surface area contributed by atoms with Gasteiger partial charge in [-0.25, -0.2) is 0 Å². The molecule has 0 N–H and O–H groups in total. The zero-order valence-corrected chi connectivity index (χ0v) is 16.9. The van der Waals surface area contributed by atoms with Crippen LogP contribution in [0.4, 0.5) is 0 Å². The van der Waals surface area contributed by atoms with E-state index in [2.05, 4.69) is 44.2 Å². The average molecular weight is 384 g/mol. The summed E-state index contributed by atoms with van der Waals surface area (Å²) in [6.45, 7) is 4.83. The Balaban J connectivity index is 1.62. The minimum absolute atomic E-state index is 0.253. The first-order valence-electron chi connectivity index (χ1n) is 9.07. The number of benzene rings is 2. The van der Waals surface area contributed by atoms with E-state index in [1.165, 1.54) is 4.90 Å². The van der Waals surface area contributed by atoms with Gasteiger partial charge in [0.15, 0.2) is 11.5 Å². The summed E-state index contributed by atoms with van der Waals surface area (Å²) >= 11 is 1.85. The van der Waals surface area contributed by atoms with Crippen molar-refractivity contribution in [2.24, 2.45) is 0 Å².